The molecule has 2 atom stereocenters. The van der Waals surface area contributed by atoms with Crippen molar-refractivity contribution in [3.05, 3.63) is 30.1 Å². The van der Waals surface area contributed by atoms with Crippen LogP contribution in [0.2, 0.25) is 0 Å². The molecule has 2 aromatic rings. The summed E-state index contributed by atoms with van der Waals surface area (Å²) in [6.45, 7) is 2.10. The number of aliphatic hydroxyl groups excluding tert-OH is 1. The molecule has 128 valence electrons. The maximum absolute atomic E-state index is 12.3. The number of nitrogens with one attached hydrogen (secondary N) is 2. The average molecular weight is 329 g/mol. The van der Waals surface area contributed by atoms with Gasteiger partial charge in [0, 0.05) is 17.3 Å². The molecule has 3 rings (SSSR count). The van der Waals surface area contributed by atoms with E-state index >= 15 is 0 Å². The highest BCUT2D eigenvalue weighted by Crippen LogP contribution is 2.23. The maximum Gasteiger partial charge on any atom is 0.238 e. The van der Waals surface area contributed by atoms with Gasteiger partial charge in [0.25, 0.3) is 0 Å². The Kier molecular flexibility index (Phi) is 4.92. The SMILES string of the molecule is Cc1nc(-c2cccc(NC(=O)CN(C)[C@@H]3CCC[C@H]3O)c2)n[nH]1. The number of carbonyl (C=O) groups is 1. The molecule has 7 heteroatoms. The molecule has 0 aliphatic heterocycles. The molecule has 1 aromatic carbocycles. The van der Waals surface area contributed by atoms with Crippen molar-refractivity contribution in [2.45, 2.75) is 38.3 Å². The minimum atomic E-state index is -0.333. The molecule has 1 aromatic heterocycles. The quantitative estimate of drug-likeness (QED) is 0.774. The minimum absolute atomic E-state index is 0.0679. The van der Waals surface area contributed by atoms with Crippen molar-refractivity contribution < 1.29 is 9.90 Å². The summed E-state index contributed by atoms with van der Waals surface area (Å²) in [5, 5.41) is 19.8. The predicted octanol–water partition coefficient (Wildman–Crippen LogP) is 1.56. The minimum Gasteiger partial charge on any atom is -0.391 e. The van der Waals surface area contributed by atoms with Crippen LogP contribution in [0.25, 0.3) is 11.4 Å². The molecule has 0 radical (unpaired) electrons. The van der Waals surface area contributed by atoms with Crippen LogP contribution in [-0.2, 0) is 4.79 Å². The number of rotatable bonds is 5. The second-order valence-electron chi connectivity index (χ2n) is 6.35. The summed E-state index contributed by atoms with van der Waals surface area (Å²) in [4.78, 5) is 18.5. The lowest BCUT2D eigenvalue weighted by Crippen LogP contribution is -2.41. The van der Waals surface area contributed by atoms with Crippen LogP contribution in [0.5, 0.6) is 0 Å². The van der Waals surface area contributed by atoms with Crippen molar-refractivity contribution in [3.63, 3.8) is 0 Å². The van der Waals surface area contributed by atoms with E-state index in [0.717, 1.165) is 30.7 Å². The summed E-state index contributed by atoms with van der Waals surface area (Å²) in [5.41, 5.74) is 1.55. The Balaban J connectivity index is 1.62. The van der Waals surface area contributed by atoms with Gasteiger partial charge >= 0.3 is 0 Å². The van der Waals surface area contributed by atoms with E-state index in [4.69, 9.17) is 0 Å². The van der Waals surface area contributed by atoms with E-state index < -0.39 is 0 Å². The topological polar surface area (TPSA) is 94.1 Å². The van der Waals surface area contributed by atoms with E-state index in [1.165, 1.54) is 0 Å². The van der Waals surface area contributed by atoms with E-state index in [2.05, 4.69) is 20.5 Å². The van der Waals surface area contributed by atoms with Crippen molar-refractivity contribution in [2.75, 3.05) is 18.9 Å². The number of aliphatic hydroxyl groups is 1. The molecule has 1 heterocycles. The van der Waals surface area contributed by atoms with Gasteiger partial charge in [-0.05, 0) is 45.4 Å². The van der Waals surface area contributed by atoms with Crippen LogP contribution in [0.3, 0.4) is 0 Å². The first kappa shape index (κ1) is 16.6. The fourth-order valence-electron chi connectivity index (χ4n) is 3.19. The summed E-state index contributed by atoms with van der Waals surface area (Å²) in [5.74, 6) is 1.26. The molecular weight excluding hydrogens is 306 g/mol. The average Bonchev–Trinajstić information content (AvgIpc) is 3.16. The highest BCUT2D eigenvalue weighted by molar-refractivity contribution is 5.92. The zero-order valence-electron chi connectivity index (χ0n) is 14.0. The smallest absolute Gasteiger partial charge is 0.238 e. The lowest BCUT2D eigenvalue weighted by molar-refractivity contribution is -0.117. The third-order valence-electron chi connectivity index (χ3n) is 4.40. The number of aromatic amines is 1. The van der Waals surface area contributed by atoms with Gasteiger partial charge < -0.3 is 10.4 Å². The highest BCUT2D eigenvalue weighted by Gasteiger charge is 2.29. The van der Waals surface area contributed by atoms with E-state index in [1.54, 1.807) is 0 Å². The zero-order chi connectivity index (χ0) is 17.1. The Hall–Kier alpha value is -2.25. The standard InChI is InChI=1S/C17H23N5O2/c1-11-18-17(21-20-11)12-5-3-6-13(9-12)19-16(24)10-22(2)14-7-4-8-15(14)23/h3,5-6,9,14-15,23H,4,7-8,10H2,1-2H3,(H,19,24)(H,18,20,21)/t14-,15-/m1/s1. The van der Waals surface area contributed by atoms with Crippen LogP contribution in [0, 0.1) is 6.92 Å². The van der Waals surface area contributed by atoms with Crippen LogP contribution in [0.1, 0.15) is 25.1 Å². The number of amides is 1. The highest BCUT2D eigenvalue weighted by atomic mass is 16.3. The number of aryl methyl sites for hydroxylation is 1. The van der Waals surface area contributed by atoms with Crippen LogP contribution in [0.4, 0.5) is 5.69 Å². The lowest BCUT2D eigenvalue weighted by atomic mass is 10.2. The molecule has 0 spiro atoms. The fourth-order valence-corrected chi connectivity index (χ4v) is 3.19. The van der Waals surface area contributed by atoms with Crippen molar-refractivity contribution in [1.29, 1.82) is 0 Å². The van der Waals surface area contributed by atoms with Gasteiger partial charge in [-0.25, -0.2) is 4.98 Å². The molecule has 0 unspecified atom stereocenters. The molecule has 1 aliphatic carbocycles. The van der Waals surface area contributed by atoms with Crippen molar-refractivity contribution in [1.82, 2.24) is 20.1 Å². The number of hydrogen-bond acceptors (Lipinski definition) is 5. The van der Waals surface area contributed by atoms with Gasteiger partial charge in [0.2, 0.25) is 5.91 Å². The van der Waals surface area contributed by atoms with Gasteiger partial charge in [-0.3, -0.25) is 14.8 Å². The zero-order valence-corrected chi connectivity index (χ0v) is 14.0. The molecule has 1 saturated carbocycles. The Morgan fingerprint density at radius 3 is 2.96 bits per heavy atom. The Bertz CT molecular complexity index is 715. The summed E-state index contributed by atoms with van der Waals surface area (Å²) in [6, 6.07) is 7.52. The van der Waals surface area contributed by atoms with Crippen molar-refractivity contribution in [2.24, 2.45) is 0 Å². The summed E-state index contributed by atoms with van der Waals surface area (Å²) in [6.07, 6.45) is 2.43. The second kappa shape index (κ2) is 7.11. The molecule has 0 saturated heterocycles. The Morgan fingerprint density at radius 2 is 2.29 bits per heavy atom. The van der Waals surface area contributed by atoms with Crippen molar-refractivity contribution >= 4 is 11.6 Å². The second-order valence-corrected chi connectivity index (χ2v) is 6.35. The number of aromatic nitrogens is 3. The van der Waals surface area contributed by atoms with Gasteiger partial charge in [0.05, 0.1) is 12.6 Å². The number of nitrogens with zero attached hydrogens (tertiary/aromatic N) is 3. The number of carbonyl (C=O) groups excluding carboxylic acids is 1. The molecular formula is C17H23N5O2. The first-order valence-electron chi connectivity index (χ1n) is 8.20. The van der Waals surface area contributed by atoms with Crippen molar-refractivity contribution in [3.8, 4) is 11.4 Å². The molecule has 1 amide bonds. The van der Waals surface area contributed by atoms with Crippen LogP contribution < -0.4 is 5.32 Å². The maximum atomic E-state index is 12.3. The predicted molar refractivity (Wildman–Crippen MR) is 91.5 cm³/mol. The van der Waals surface area contributed by atoms with Gasteiger partial charge in [0.15, 0.2) is 5.82 Å². The van der Waals surface area contributed by atoms with E-state index in [9.17, 15) is 9.90 Å². The lowest BCUT2D eigenvalue weighted by Gasteiger charge is -2.26. The summed E-state index contributed by atoms with van der Waals surface area (Å²) >= 11 is 0. The molecule has 0 bridgehead atoms. The van der Waals surface area contributed by atoms with Gasteiger partial charge in [-0.15, -0.1) is 0 Å². The summed E-state index contributed by atoms with van der Waals surface area (Å²) in [7, 11) is 1.88. The number of anilines is 1. The van der Waals surface area contributed by atoms with E-state index in [1.807, 2.05) is 43.1 Å². The number of hydrogen-bond donors (Lipinski definition) is 3. The Morgan fingerprint density at radius 1 is 1.46 bits per heavy atom. The number of H-pyrrole nitrogens is 1. The first-order valence-corrected chi connectivity index (χ1v) is 8.20. The number of benzene rings is 1. The van der Waals surface area contributed by atoms with Crippen LogP contribution >= 0.6 is 0 Å². The van der Waals surface area contributed by atoms with Crippen LogP contribution in [-0.4, -0.2) is 56.8 Å². The third kappa shape index (κ3) is 3.80. The third-order valence-corrected chi connectivity index (χ3v) is 4.40. The van der Waals surface area contributed by atoms with Crippen LogP contribution in [0.15, 0.2) is 24.3 Å². The molecule has 24 heavy (non-hydrogen) atoms. The normalized spacial score (nSPS) is 20.5. The molecule has 1 aliphatic rings. The Labute approximate surface area is 141 Å². The molecule has 1 fully saturated rings. The number of likely N-dealkylation sites (N-methyl/N-ethyl adjacent to an activating group) is 1. The van der Waals surface area contributed by atoms with E-state index in [0.29, 0.717) is 11.5 Å². The largest absolute Gasteiger partial charge is 0.391 e. The molecule has 3 N–H and O–H groups in total. The summed E-state index contributed by atoms with van der Waals surface area (Å²) < 4.78 is 0. The van der Waals surface area contributed by atoms with E-state index in [-0.39, 0.29) is 24.6 Å². The fraction of sp³-hybridized carbons (Fsp3) is 0.471. The van der Waals surface area contributed by atoms with Gasteiger partial charge in [0.1, 0.15) is 5.82 Å². The van der Waals surface area contributed by atoms with Gasteiger partial charge in [-0.1, -0.05) is 12.1 Å². The first-order chi connectivity index (χ1) is 11.5. The monoisotopic (exact) mass is 329 g/mol. The molecule has 7 nitrogen and oxygen atoms in total. The van der Waals surface area contributed by atoms with Gasteiger partial charge in [-0.2, -0.15) is 5.10 Å².